The van der Waals surface area contributed by atoms with Crippen LogP contribution in [0, 0.1) is 18.6 Å². The Morgan fingerprint density at radius 2 is 1.65 bits per heavy atom. The summed E-state index contributed by atoms with van der Waals surface area (Å²) in [6, 6.07) is 10.4. The summed E-state index contributed by atoms with van der Waals surface area (Å²) in [7, 11) is 0. The van der Waals surface area contributed by atoms with Crippen molar-refractivity contribution in [3.8, 4) is 16.9 Å². The molecule has 0 atom stereocenters. The zero-order valence-electron chi connectivity index (χ0n) is 11.7. The summed E-state index contributed by atoms with van der Waals surface area (Å²) in [6.07, 6.45) is 1.77. The smallest absolute Gasteiger partial charge is 0.201 e. The summed E-state index contributed by atoms with van der Waals surface area (Å²) >= 11 is 0. The molecule has 20 heavy (non-hydrogen) atoms. The van der Waals surface area contributed by atoms with Crippen LogP contribution in [-0.4, -0.2) is 6.61 Å². The fourth-order valence-electron chi connectivity index (χ4n) is 1.93. The minimum atomic E-state index is -0.917. The van der Waals surface area contributed by atoms with E-state index in [1.807, 2.05) is 26.0 Å². The molecule has 0 saturated heterocycles. The first-order valence-corrected chi connectivity index (χ1v) is 6.81. The topological polar surface area (TPSA) is 9.23 Å². The van der Waals surface area contributed by atoms with Crippen LogP contribution in [0.5, 0.6) is 5.75 Å². The number of hydrogen-bond donors (Lipinski definition) is 0. The third-order valence-corrected chi connectivity index (χ3v) is 3.16. The number of aryl methyl sites for hydroxylation is 1. The van der Waals surface area contributed by atoms with Crippen molar-refractivity contribution in [2.75, 3.05) is 6.61 Å². The van der Waals surface area contributed by atoms with E-state index in [4.69, 9.17) is 4.74 Å². The Morgan fingerprint density at radius 1 is 0.950 bits per heavy atom. The van der Waals surface area contributed by atoms with Crippen LogP contribution in [0.4, 0.5) is 8.78 Å². The molecule has 0 aliphatic heterocycles. The van der Waals surface area contributed by atoms with Crippen molar-refractivity contribution < 1.29 is 13.5 Å². The third kappa shape index (κ3) is 3.16. The van der Waals surface area contributed by atoms with Crippen molar-refractivity contribution in [1.82, 2.24) is 0 Å². The number of benzene rings is 2. The fraction of sp³-hybridized carbons (Fsp3) is 0.294. The van der Waals surface area contributed by atoms with Gasteiger partial charge in [-0.15, -0.1) is 0 Å². The van der Waals surface area contributed by atoms with Crippen LogP contribution in [0.15, 0.2) is 36.4 Å². The first-order chi connectivity index (χ1) is 9.63. The van der Waals surface area contributed by atoms with Gasteiger partial charge in [0.15, 0.2) is 11.6 Å². The Kier molecular flexibility index (Phi) is 4.72. The molecular formula is C17H18F2O. The summed E-state index contributed by atoms with van der Waals surface area (Å²) in [5.41, 5.74) is 1.99. The average Bonchev–Trinajstić information content (AvgIpc) is 2.45. The highest BCUT2D eigenvalue weighted by molar-refractivity contribution is 5.65. The van der Waals surface area contributed by atoms with Crippen molar-refractivity contribution >= 4 is 0 Å². The van der Waals surface area contributed by atoms with Gasteiger partial charge in [0.1, 0.15) is 0 Å². The second kappa shape index (κ2) is 6.51. The molecule has 0 saturated carbocycles. The van der Waals surface area contributed by atoms with Crippen LogP contribution < -0.4 is 4.74 Å². The van der Waals surface area contributed by atoms with Gasteiger partial charge in [-0.2, -0.15) is 4.39 Å². The monoisotopic (exact) mass is 276 g/mol. The molecule has 0 aromatic heterocycles. The van der Waals surface area contributed by atoms with Gasteiger partial charge >= 0.3 is 0 Å². The number of hydrogen-bond acceptors (Lipinski definition) is 1. The minimum Gasteiger partial charge on any atom is -0.490 e. The Hall–Kier alpha value is -1.90. The van der Waals surface area contributed by atoms with Gasteiger partial charge in [-0.3, -0.25) is 0 Å². The van der Waals surface area contributed by atoms with E-state index in [0.29, 0.717) is 12.2 Å². The summed E-state index contributed by atoms with van der Waals surface area (Å²) in [6.45, 7) is 4.36. The lowest BCUT2D eigenvalue weighted by Gasteiger charge is -2.10. The number of halogens is 2. The predicted octanol–water partition coefficient (Wildman–Crippen LogP) is 5.12. The highest BCUT2D eigenvalue weighted by atomic mass is 19.2. The van der Waals surface area contributed by atoms with Crippen LogP contribution in [0.2, 0.25) is 0 Å². The van der Waals surface area contributed by atoms with Crippen molar-refractivity contribution in [3.05, 3.63) is 53.6 Å². The van der Waals surface area contributed by atoms with E-state index in [-0.39, 0.29) is 11.3 Å². The lowest BCUT2D eigenvalue weighted by molar-refractivity contribution is 0.289. The van der Waals surface area contributed by atoms with Crippen LogP contribution in [0.1, 0.15) is 25.3 Å². The van der Waals surface area contributed by atoms with Gasteiger partial charge in [-0.05, 0) is 31.0 Å². The van der Waals surface area contributed by atoms with Crippen molar-refractivity contribution in [3.63, 3.8) is 0 Å². The first kappa shape index (κ1) is 14.5. The summed E-state index contributed by atoms with van der Waals surface area (Å²) in [5.74, 6) is -1.80. The molecule has 106 valence electrons. The Bertz CT molecular complexity index is 576. The maximum Gasteiger partial charge on any atom is 0.201 e. The average molecular weight is 276 g/mol. The zero-order chi connectivity index (χ0) is 14.5. The van der Waals surface area contributed by atoms with Crippen molar-refractivity contribution in [2.45, 2.75) is 26.7 Å². The molecule has 1 nitrogen and oxygen atoms in total. The highest BCUT2D eigenvalue weighted by Crippen LogP contribution is 2.30. The largest absolute Gasteiger partial charge is 0.490 e. The molecular weight excluding hydrogens is 258 g/mol. The lowest BCUT2D eigenvalue weighted by atomic mass is 10.0. The molecule has 2 aromatic carbocycles. The van der Waals surface area contributed by atoms with Gasteiger partial charge < -0.3 is 4.74 Å². The normalized spacial score (nSPS) is 10.6. The molecule has 0 aliphatic carbocycles. The fourth-order valence-corrected chi connectivity index (χ4v) is 1.93. The molecule has 0 amide bonds. The Balaban J connectivity index is 2.28. The maximum absolute atomic E-state index is 14.1. The van der Waals surface area contributed by atoms with Gasteiger partial charge in [0.2, 0.25) is 5.82 Å². The molecule has 2 rings (SSSR count). The number of rotatable bonds is 5. The van der Waals surface area contributed by atoms with Crippen molar-refractivity contribution in [2.24, 2.45) is 0 Å². The van der Waals surface area contributed by atoms with Gasteiger partial charge in [0.25, 0.3) is 0 Å². The minimum absolute atomic E-state index is 0.0215. The predicted molar refractivity (Wildman–Crippen MR) is 76.9 cm³/mol. The highest BCUT2D eigenvalue weighted by Gasteiger charge is 2.15. The van der Waals surface area contributed by atoms with Crippen LogP contribution >= 0.6 is 0 Å². The van der Waals surface area contributed by atoms with Crippen LogP contribution in [0.25, 0.3) is 11.1 Å². The SMILES string of the molecule is CCCCOc1ccc(-c2ccc(C)cc2)c(F)c1F. The van der Waals surface area contributed by atoms with E-state index >= 15 is 0 Å². The zero-order valence-corrected chi connectivity index (χ0v) is 11.7. The molecule has 0 heterocycles. The van der Waals surface area contributed by atoms with E-state index in [0.717, 1.165) is 18.4 Å². The third-order valence-electron chi connectivity index (χ3n) is 3.16. The standard InChI is InChI=1S/C17H18F2O/c1-3-4-11-20-15-10-9-14(16(18)17(15)19)13-7-5-12(2)6-8-13/h5-10H,3-4,11H2,1-2H3. The second-order valence-corrected chi connectivity index (χ2v) is 4.81. The molecule has 0 radical (unpaired) electrons. The maximum atomic E-state index is 14.1. The second-order valence-electron chi connectivity index (χ2n) is 4.81. The quantitative estimate of drug-likeness (QED) is 0.689. The number of ether oxygens (including phenoxy) is 1. The van der Waals surface area contributed by atoms with Gasteiger partial charge in [-0.25, -0.2) is 4.39 Å². The number of unbranched alkanes of at least 4 members (excludes halogenated alkanes) is 1. The van der Waals surface area contributed by atoms with E-state index < -0.39 is 11.6 Å². The Labute approximate surface area is 118 Å². The molecule has 2 aromatic rings. The van der Waals surface area contributed by atoms with E-state index in [1.165, 1.54) is 6.07 Å². The van der Waals surface area contributed by atoms with E-state index in [2.05, 4.69) is 0 Å². The summed E-state index contributed by atoms with van der Waals surface area (Å²) in [5, 5.41) is 0. The molecule has 0 aliphatic rings. The Morgan fingerprint density at radius 3 is 2.30 bits per heavy atom. The summed E-state index contributed by atoms with van der Waals surface area (Å²) in [4.78, 5) is 0. The molecule has 0 spiro atoms. The lowest BCUT2D eigenvalue weighted by Crippen LogP contribution is -2.01. The van der Waals surface area contributed by atoms with Crippen LogP contribution in [-0.2, 0) is 0 Å². The van der Waals surface area contributed by atoms with Gasteiger partial charge in [-0.1, -0.05) is 43.2 Å². The van der Waals surface area contributed by atoms with E-state index in [9.17, 15) is 8.78 Å². The van der Waals surface area contributed by atoms with Gasteiger partial charge in [0.05, 0.1) is 6.61 Å². The molecule has 0 N–H and O–H groups in total. The molecule has 0 fully saturated rings. The first-order valence-electron chi connectivity index (χ1n) is 6.81. The van der Waals surface area contributed by atoms with Crippen molar-refractivity contribution in [1.29, 1.82) is 0 Å². The van der Waals surface area contributed by atoms with Crippen LogP contribution in [0.3, 0.4) is 0 Å². The van der Waals surface area contributed by atoms with Gasteiger partial charge in [0, 0.05) is 5.56 Å². The molecule has 3 heteroatoms. The molecule has 0 unspecified atom stereocenters. The molecule has 0 bridgehead atoms. The van der Waals surface area contributed by atoms with E-state index in [1.54, 1.807) is 18.2 Å². The summed E-state index contributed by atoms with van der Waals surface area (Å²) < 4.78 is 33.3.